The summed E-state index contributed by atoms with van der Waals surface area (Å²) in [5, 5.41) is 10.8. The fourth-order valence-electron chi connectivity index (χ4n) is 0.893. The Bertz CT molecular complexity index is 379. The van der Waals surface area contributed by atoms with Gasteiger partial charge >= 0.3 is 0 Å². The molecule has 5 nitrogen and oxygen atoms in total. The Morgan fingerprint density at radius 1 is 1.71 bits per heavy atom. The summed E-state index contributed by atoms with van der Waals surface area (Å²) in [7, 11) is 0. The number of nitrogens with two attached hydrogens (primary N) is 1. The fraction of sp³-hybridized carbons (Fsp3) is 0.125. The maximum atomic E-state index is 10.6. The summed E-state index contributed by atoms with van der Waals surface area (Å²) in [6.07, 6.45) is 4.43. The second-order valence-corrected chi connectivity index (χ2v) is 2.89. The maximum Gasteiger partial charge on any atom is 0.296 e. The van der Waals surface area contributed by atoms with E-state index in [1.165, 1.54) is 18.3 Å². The summed E-state index contributed by atoms with van der Waals surface area (Å²) in [5.41, 5.74) is 5.35. The van der Waals surface area contributed by atoms with Crippen molar-refractivity contribution in [2.75, 3.05) is 6.54 Å². The van der Waals surface area contributed by atoms with Crippen LogP contribution in [0.2, 0.25) is 5.02 Å². The summed E-state index contributed by atoms with van der Waals surface area (Å²) in [6, 6.07) is 1.25. The van der Waals surface area contributed by atoms with Crippen molar-refractivity contribution in [2.45, 2.75) is 0 Å². The van der Waals surface area contributed by atoms with E-state index in [0.717, 1.165) is 0 Å². The molecule has 0 saturated heterocycles. The molecule has 0 aliphatic rings. The Morgan fingerprint density at radius 2 is 2.43 bits per heavy atom. The molecule has 14 heavy (non-hydrogen) atoms. The number of hydrogen-bond acceptors (Lipinski definition) is 4. The van der Waals surface area contributed by atoms with Gasteiger partial charge in [-0.25, -0.2) is 4.98 Å². The zero-order chi connectivity index (χ0) is 10.6. The highest BCUT2D eigenvalue weighted by Gasteiger charge is 2.12. The predicted octanol–water partition coefficient (Wildman–Crippen LogP) is 1.62. The normalized spacial score (nSPS) is 10.7. The van der Waals surface area contributed by atoms with E-state index in [4.69, 9.17) is 17.3 Å². The Labute approximate surface area is 85.4 Å². The molecule has 0 spiro atoms. The summed E-state index contributed by atoms with van der Waals surface area (Å²) in [6.45, 7) is 0.307. The van der Waals surface area contributed by atoms with Crippen molar-refractivity contribution in [2.24, 2.45) is 5.73 Å². The first-order valence-corrected chi connectivity index (χ1v) is 4.19. The molecule has 2 N–H and O–H groups in total. The topological polar surface area (TPSA) is 82.0 Å². The molecule has 0 fully saturated rings. The van der Waals surface area contributed by atoms with Gasteiger partial charge < -0.3 is 5.73 Å². The van der Waals surface area contributed by atoms with Crippen molar-refractivity contribution in [1.29, 1.82) is 0 Å². The van der Waals surface area contributed by atoms with Crippen LogP contribution < -0.4 is 5.73 Å². The number of nitro groups is 1. The molecule has 0 atom stereocenters. The third kappa shape index (κ3) is 2.51. The minimum Gasteiger partial charge on any atom is -0.327 e. The summed E-state index contributed by atoms with van der Waals surface area (Å²) in [5.74, 6) is 0. The van der Waals surface area contributed by atoms with Gasteiger partial charge in [-0.2, -0.15) is 0 Å². The molecule has 1 heterocycles. The zero-order valence-electron chi connectivity index (χ0n) is 7.18. The highest BCUT2D eigenvalue weighted by atomic mass is 35.5. The molecule has 0 aliphatic heterocycles. The quantitative estimate of drug-likeness (QED) is 0.611. The standard InChI is InChI=1S/C8H8ClN3O2/c9-6-4-8(12(13)14)7(11-5-6)2-1-3-10/h1-2,4-5H,3,10H2. The lowest BCUT2D eigenvalue weighted by Gasteiger charge is -1.96. The number of aromatic nitrogens is 1. The van der Waals surface area contributed by atoms with Gasteiger partial charge in [0.2, 0.25) is 0 Å². The van der Waals surface area contributed by atoms with E-state index >= 15 is 0 Å². The summed E-state index contributed by atoms with van der Waals surface area (Å²) < 4.78 is 0. The smallest absolute Gasteiger partial charge is 0.296 e. The van der Waals surface area contributed by atoms with E-state index in [0.29, 0.717) is 6.54 Å². The SMILES string of the molecule is NCC=Cc1ncc(Cl)cc1[N+](=O)[O-]. The predicted molar refractivity (Wildman–Crippen MR) is 54.0 cm³/mol. The molecule has 0 radical (unpaired) electrons. The molecule has 0 saturated carbocycles. The van der Waals surface area contributed by atoms with Gasteiger partial charge in [-0.3, -0.25) is 10.1 Å². The van der Waals surface area contributed by atoms with E-state index in [1.807, 2.05) is 0 Å². The molecule has 1 rings (SSSR count). The number of pyridine rings is 1. The van der Waals surface area contributed by atoms with Crippen molar-refractivity contribution in [3.05, 3.63) is 39.2 Å². The molecule has 1 aromatic rings. The van der Waals surface area contributed by atoms with Crippen molar-refractivity contribution in [3.63, 3.8) is 0 Å². The van der Waals surface area contributed by atoms with Gasteiger partial charge in [-0.1, -0.05) is 17.7 Å². The van der Waals surface area contributed by atoms with Crippen LogP contribution in [0.25, 0.3) is 6.08 Å². The molecule has 0 bridgehead atoms. The molecule has 0 aliphatic carbocycles. The average Bonchev–Trinajstić information content (AvgIpc) is 2.15. The molecular formula is C8H8ClN3O2. The van der Waals surface area contributed by atoms with Crippen molar-refractivity contribution >= 4 is 23.4 Å². The van der Waals surface area contributed by atoms with E-state index in [1.54, 1.807) is 6.08 Å². The number of hydrogen-bond donors (Lipinski definition) is 1. The van der Waals surface area contributed by atoms with Crippen LogP contribution in [-0.4, -0.2) is 16.5 Å². The minimum absolute atomic E-state index is 0.123. The van der Waals surface area contributed by atoms with E-state index < -0.39 is 4.92 Å². The van der Waals surface area contributed by atoms with Crippen molar-refractivity contribution in [1.82, 2.24) is 4.98 Å². The number of rotatable bonds is 3. The van der Waals surface area contributed by atoms with Crippen molar-refractivity contribution < 1.29 is 4.92 Å². The van der Waals surface area contributed by atoms with Crippen LogP contribution in [0, 0.1) is 10.1 Å². The second-order valence-electron chi connectivity index (χ2n) is 2.45. The molecule has 74 valence electrons. The van der Waals surface area contributed by atoms with Gasteiger partial charge in [0.15, 0.2) is 0 Å². The first kappa shape index (κ1) is 10.6. The fourth-order valence-corrected chi connectivity index (χ4v) is 1.05. The molecule has 0 aromatic carbocycles. The molecule has 0 amide bonds. The number of halogens is 1. The van der Waals surface area contributed by atoms with Gasteiger partial charge in [-0.05, 0) is 6.08 Å². The van der Waals surface area contributed by atoms with Crippen LogP contribution in [0.15, 0.2) is 18.3 Å². The van der Waals surface area contributed by atoms with Crippen LogP contribution in [0.1, 0.15) is 5.69 Å². The van der Waals surface area contributed by atoms with Gasteiger partial charge in [-0.15, -0.1) is 0 Å². The maximum absolute atomic E-state index is 10.6. The van der Waals surface area contributed by atoms with Crippen LogP contribution in [-0.2, 0) is 0 Å². The minimum atomic E-state index is -0.533. The first-order valence-electron chi connectivity index (χ1n) is 3.81. The Hall–Kier alpha value is -1.46. The second kappa shape index (κ2) is 4.69. The Balaban J connectivity index is 3.15. The van der Waals surface area contributed by atoms with Gasteiger partial charge in [0, 0.05) is 18.8 Å². The molecule has 0 unspecified atom stereocenters. The molecular weight excluding hydrogens is 206 g/mol. The Morgan fingerprint density at radius 3 is 3.00 bits per heavy atom. The van der Waals surface area contributed by atoms with E-state index in [2.05, 4.69) is 4.98 Å². The third-order valence-corrected chi connectivity index (χ3v) is 1.68. The highest BCUT2D eigenvalue weighted by Crippen LogP contribution is 2.21. The Kier molecular flexibility index (Phi) is 3.55. The van der Waals surface area contributed by atoms with Crippen LogP contribution in [0.5, 0.6) is 0 Å². The summed E-state index contributed by atoms with van der Waals surface area (Å²) in [4.78, 5) is 13.9. The lowest BCUT2D eigenvalue weighted by Crippen LogP contribution is -1.96. The molecule has 6 heteroatoms. The first-order chi connectivity index (χ1) is 6.65. The lowest BCUT2D eigenvalue weighted by molar-refractivity contribution is -0.385. The van der Waals surface area contributed by atoms with Crippen molar-refractivity contribution in [3.8, 4) is 0 Å². The van der Waals surface area contributed by atoms with Crippen LogP contribution in [0.4, 0.5) is 5.69 Å². The van der Waals surface area contributed by atoms with Gasteiger partial charge in [0.25, 0.3) is 5.69 Å². The summed E-state index contributed by atoms with van der Waals surface area (Å²) >= 11 is 5.58. The van der Waals surface area contributed by atoms with Gasteiger partial charge in [0.1, 0.15) is 5.69 Å². The van der Waals surface area contributed by atoms with E-state index in [9.17, 15) is 10.1 Å². The van der Waals surface area contributed by atoms with Crippen LogP contribution >= 0.6 is 11.6 Å². The third-order valence-electron chi connectivity index (χ3n) is 1.47. The van der Waals surface area contributed by atoms with Crippen LogP contribution in [0.3, 0.4) is 0 Å². The molecule has 1 aromatic heterocycles. The monoisotopic (exact) mass is 213 g/mol. The largest absolute Gasteiger partial charge is 0.327 e. The van der Waals surface area contributed by atoms with E-state index in [-0.39, 0.29) is 16.4 Å². The average molecular weight is 214 g/mol. The highest BCUT2D eigenvalue weighted by molar-refractivity contribution is 6.30. The number of nitrogens with zero attached hydrogens (tertiary/aromatic N) is 2. The van der Waals surface area contributed by atoms with Gasteiger partial charge in [0.05, 0.1) is 9.95 Å². The zero-order valence-corrected chi connectivity index (χ0v) is 7.94. The lowest BCUT2D eigenvalue weighted by atomic mass is 10.3.